The third-order valence-corrected chi connectivity index (χ3v) is 7.89. The molecule has 15 heteroatoms. The number of amides is 2. The normalized spacial score (nSPS) is 16.4. The highest BCUT2D eigenvalue weighted by molar-refractivity contribution is 6.03. The summed E-state index contributed by atoms with van der Waals surface area (Å²) in [5.74, 6) is -0.366. The number of nitrogens with zero attached hydrogens (tertiary/aromatic N) is 5. The van der Waals surface area contributed by atoms with Crippen molar-refractivity contribution in [3.63, 3.8) is 0 Å². The highest BCUT2D eigenvalue weighted by Gasteiger charge is 2.37. The Kier molecular flexibility index (Phi) is 10.9. The molecule has 0 spiro atoms. The summed E-state index contributed by atoms with van der Waals surface area (Å²) in [4.78, 5) is 33.1. The number of halogens is 2. The second kappa shape index (κ2) is 15.1. The summed E-state index contributed by atoms with van der Waals surface area (Å²) < 4.78 is 40.0. The molecule has 1 aromatic carbocycles. The molecular weight excluding hydrogens is 628 g/mol. The predicted octanol–water partition coefficient (Wildman–Crippen LogP) is 4.88. The van der Waals surface area contributed by atoms with Gasteiger partial charge in [0.25, 0.3) is 12.3 Å². The number of oxazole rings is 1. The molecule has 0 radical (unpaired) electrons. The lowest BCUT2D eigenvalue weighted by atomic mass is 10.0. The van der Waals surface area contributed by atoms with E-state index in [4.69, 9.17) is 14.3 Å². The Morgan fingerprint density at radius 1 is 1.19 bits per heavy atom. The van der Waals surface area contributed by atoms with E-state index in [9.17, 15) is 23.5 Å². The van der Waals surface area contributed by atoms with E-state index < -0.39 is 35.8 Å². The number of allylic oxidation sites excluding steroid dienone is 2. The van der Waals surface area contributed by atoms with Gasteiger partial charge in [-0.1, -0.05) is 12.1 Å². The predicted molar refractivity (Wildman–Crippen MR) is 173 cm³/mol. The summed E-state index contributed by atoms with van der Waals surface area (Å²) in [5, 5.41) is 28.5. The van der Waals surface area contributed by atoms with Crippen LogP contribution in [0.5, 0.6) is 0 Å². The minimum Gasteiger partial charge on any atom is -0.465 e. The van der Waals surface area contributed by atoms with Gasteiger partial charge in [-0.3, -0.25) is 9.69 Å². The van der Waals surface area contributed by atoms with Crippen LogP contribution in [-0.4, -0.2) is 91.4 Å². The molecule has 1 aliphatic heterocycles. The second-order valence-corrected chi connectivity index (χ2v) is 12.7. The minimum atomic E-state index is -2.96. The van der Waals surface area contributed by atoms with Crippen molar-refractivity contribution in [3.05, 3.63) is 77.9 Å². The molecule has 1 unspecified atom stereocenters. The molecule has 4 N–H and O–H groups in total. The summed E-state index contributed by atoms with van der Waals surface area (Å²) in [6.07, 6.45) is 5.03. The van der Waals surface area contributed by atoms with E-state index in [1.54, 1.807) is 30.5 Å². The number of alkyl halides is 2. The fraction of sp³-hybridized carbons (Fsp3) is 0.455. The molecule has 5 rings (SSSR count). The van der Waals surface area contributed by atoms with Crippen LogP contribution < -0.4 is 10.6 Å². The van der Waals surface area contributed by atoms with Gasteiger partial charge in [-0.15, -0.1) is 0 Å². The molecule has 0 saturated heterocycles. The number of ether oxygens (including phenoxy) is 1. The number of hydrogen-bond donors (Lipinski definition) is 4. The van der Waals surface area contributed by atoms with Gasteiger partial charge >= 0.3 is 6.09 Å². The van der Waals surface area contributed by atoms with Crippen LogP contribution in [0.2, 0.25) is 0 Å². The van der Waals surface area contributed by atoms with Crippen molar-refractivity contribution in [2.75, 3.05) is 38.2 Å². The highest BCUT2D eigenvalue weighted by atomic mass is 19.3. The fourth-order valence-electron chi connectivity index (χ4n) is 5.21. The van der Waals surface area contributed by atoms with E-state index >= 15 is 0 Å². The van der Waals surface area contributed by atoms with Crippen LogP contribution in [0, 0.1) is 5.92 Å². The molecule has 258 valence electrons. The van der Waals surface area contributed by atoms with Gasteiger partial charge in [0.2, 0.25) is 5.89 Å². The van der Waals surface area contributed by atoms with Gasteiger partial charge in [-0.05, 0) is 69.4 Å². The van der Waals surface area contributed by atoms with Crippen LogP contribution >= 0.6 is 0 Å². The Labute approximate surface area is 276 Å². The van der Waals surface area contributed by atoms with Gasteiger partial charge in [0, 0.05) is 36.9 Å². The quantitative estimate of drug-likeness (QED) is 0.165. The number of aromatic nitrogens is 3. The molecule has 2 aliphatic rings. The number of carbonyl (C=O) groups excluding carboxylic acids is 1. The average molecular weight is 670 g/mol. The SMILES string of the molecule is CC(C)(C)N1C=CC(c2nc(C(=O)Nc3cn(-c4ccc(CNCCOCCO)cc4)nc3C(F)F)co2)=CC1N(CC1CC1)C(=O)O. The zero-order chi connectivity index (χ0) is 34.4. The van der Waals surface area contributed by atoms with E-state index in [0.29, 0.717) is 43.4 Å². The fourth-order valence-corrected chi connectivity index (χ4v) is 5.21. The van der Waals surface area contributed by atoms with E-state index in [1.807, 2.05) is 37.8 Å². The highest BCUT2D eigenvalue weighted by Crippen LogP contribution is 2.35. The summed E-state index contributed by atoms with van der Waals surface area (Å²) in [7, 11) is 0. The van der Waals surface area contributed by atoms with Gasteiger partial charge in [0.1, 0.15) is 12.4 Å². The van der Waals surface area contributed by atoms with Crippen molar-refractivity contribution in [1.29, 1.82) is 0 Å². The lowest BCUT2D eigenvalue weighted by Gasteiger charge is -2.45. The van der Waals surface area contributed by atoms with Crippen LogP contribution in [0.3, 0.4) is 0 Å². The second-order valence-electron chi connectivity index (χ2n) is 12.7. The lowest BCUT2D eigenvalue weighted by molar-refractivity contribution is 0.0475. The maximum Gasteiger partial charge on any atom is 0.409 e. The molecular formula is C33H41F2N7O6. The number of carboxylic acid groups (broad SMARTS) is 1. The first-order valence-electron chi connectivity index (χ1n) is 15.8. The number of aliphatic hydroxyl groups is 1. The van der Waals surface area contributed by atoms with Crippen LogP contribution in [0.15, 0.2) is 59.5 Å². The van der Waals surface area contributed by atoms with Crippen LogP contribution in [0.1, 0.15) is 67.7 Å². The summed E-state index contributed by atoms with van der Waals surface area (Å²) in [6, 6.07) is 7.12. The first-order chi connectivity index (χ1) is 22.9. The van der Waals surface area contributed by atoms with Gasteiger partial charge in [-0.2, -0.15) is 5.10 Å². The van der Waals surface area contributed by atoms with E-state index in [0.717, 1.165) is 24.7 Å². The topological polar surface area (TPSA) is 158 Å². The number of carbonyl (C=O) groups is 2. The van der Waals surface area contributed by atoms with Gasteiger partial charge < -0.3 is 34.9 Å². The van der Waals surface area contributed by atoms with Crippen molar-refractivity contribution < 1.29 is 37.7 Å². The van der Waals surface area contributed by atoms with E-state index in [-0.39, 0.29) is 30.5 Å². The molecule has 13 nitrogen and oxygen atoms in total. The number of anilines is 1. The van der Waals surface area contributed by atoms with Gasteiger partial charge in [0.05, 0.1) is 37.4 Å². The van der Waals surface area contributed by atoms with Gasteiger partial charge in [-0.25, -0.2) is 23.2 Å². The minimum absolute atomic E-state index is 0.0285. The van der Waals surface area contributed by atoms with Crippen molar-refractivity contribution in [1.82, 2.24) is 29.9 Å². The molecule has 2 amide bonds. The maximum atomic E-state index is 14.0. The standard InChI is InChI=1S/C33H41F2N7O6/c1-33(2,3)41-12-10-23(16-27(41)40(32(45)46)18-22-4-5-22)31-38-26(20-48-31)30(44)37-25-19-42(39-28(25)29(34)35)24-8-6-21(7-9-24)17-36-11-14-47-15-13-43/h6-10,12,16,19-20,22,27,29,36,43H,4-5,11,13-15,17-18H2,1-3H3,(H,37,44)(H,45,46). The zero-order valence-electron chi connectivity index (χ0n) is 27.1. The average Bonchev–Trinajstić information content (AvgIpc) is 3.55. The summed E-state index contributed by atoms with van der Waals surface area (Å²) >= 11 is 0. The first-order valence-corrected chi connectivity index (χ1v) is 15.8. The van der Waals surface area contributed by atoms with Crippen molar-refractivity contribution in [3.8, 4) is 5.69 Å². The molecule has 1 aliphatic carbocycles. The number of hydrogen-bond acceptors (Lipinski definition) is 9. The molecule has 48 heavy (non-hydrogen) atoms. The summed E-state index contributed by atoms with van der Waals surface area (Å²) in [5.41, 5.74) is 0.631. The third kappa shape index (κ3) is 8.65. The molecule has 1 atom stereocenters. The van der Waals surface area contributed by atoms with Crippen LogP contribution in [-0.2, 0) is 11.3 Å². The number of aliphatic hydroxyl groups excluding tert-OH is 1. The number of nitrogens with one attached hydrogen (secondary N) is 2. The maximum absolute atomic E-state index is 14.0. The number of benzene rings is 1. The van der Waals surface area contributed by atoms with E-state index in [1.165, 1.54) is 15.8 Å². The molecule has 0 bridgehead atoms. The molecule has 3 aromatic rings. The number of rotatable bonds is 15. The molecule has 3 heterocycles. The van der Waals surface area contributed by atoms with Gasteiger partial charge in [0.15, 0.2) is 11.4 Å². The van der Waals surface area contributed by atoms with Crippen molar-refractivity contribution >= 4 is 23.3 Å². The monoisotopic (exact) mass is 669 g/mol. The Hall–Kier alpha value is -4.60. The Morgan fingerprint density at radius 3 is 2.58 bits per heavy atom. The van der Waals surface area contributed by atoms with Crippen LogP contribution in [0.25, 0.3) is 11.3 Å². The molecule has 1 saturated carbocycles. The van der Waals surface area contributed by atoms with Crippen molar-refractivity contribution in [2.24, 2.45) is 5.92 Å². The zero-order valence-corrected chi connectivity index (χ0v) is 27.1. The smallest absolute Gasteiger partial charge is 0.409 e. The Morgan fingerprint density at radius 2 is 1.94 bits per heavy atom. The van der Waals surface area contributed by atoms with Crippen LogP contribution in [0.4, 0.5) is 19.3 Å². The molecule has 2 aromatic heterocycles. The Bertz CT molecular complexity index is 1630. The van der Waals surface area contributed by atoms with E-state index in [2.05, 4.69) is 20.7 Å². The third-order valence-electron chi connectivity index (χ3n) is 7.89. The van der Waals surface area contributed by atoms with Crippen molar-refractivity contribution in [2.45, 2.75) is 58.3 Å². The first kappa shape index (κ1) is 34.7. The Balaban J connectivity index is 1.28. The largest absolute Gasteiger partial charge is 0.465 e. The molecule has 1 fully saturated rings. The summed E-state index contributed by atoms with van der Waals surface area (Å²) in [6.45, 7) is 8.23. The lowest BCUT2D eigenvalue weighted by Crippen LogP contribution is -2.55.